The molecule has 0 radical (unpaired) electrons. The number of amides is 1. The molecule has 7 heteroatoms. The quantitative estimate of drug-likeness (QED) is 0.609. The van der Waals surface area contributed by atoms with Gasteiger partial charge in [-0.15, -0.1) is 0 Å². The van der Waals surface area contributed by atoms with E-state index in [-0.39, 0.29) is 0 Å². The summed E-state index contributed by atoms with van der Waals surface area (Å²) in [5.41, 5.74) is 3.83. The van der Waals surface area contributed by atoms with Crippen LogP contribution < -0.4 is 11.1 Å². The summed E-state index contributed by atoms with van der Waals surface area (Å²) < 4.78 is 5.03. The number of rotatable bonds is 6. The molecule has 1 amide bonds. The Morgan fingerprint density at radius 3 is 2.10 bits per heavy atom. The molecule has 0 aliphatic carbocycles. The highest BCUT2D eigenvalue weighted by molar-refractivity contribution is 5.91. The summed E-state index contributed by atoms with van der Waals surface area (Å²) in [6.07, 6.45) is -0.101. The second-order valence-corrected chi connectivity index (χ2v) is 5.93. The Balaban J connectivity index is 4.73. The third-order valence-corrected chi connectivity index (χ3v) is 2.65. The Kier molecular flexibility index (Phi) is 6.15. The molecule has 0 aromatic carbocycles. The zero-order valence-electron chi connectivity index (χ0n) is 12.6. The van der Waals surface area contributed by atoms with Crippen molar-refractivity contribution in [1.29, 1.82) is 0 Å². The van der Waals surface area contributed by atoms with E-state index in [1.165, 1.54) is 6.92 Å². The highest BCUT2D eigenvalue weighted by atomic mass is 16.6. The zero-order valence-corrected chi connectivity index (χ0v) is 12.6. The molecule has 4 N–H and O–H groups in total. The van der Waals surface area contributed by atoms with Gasteiger partial charge in [-0.2, -0.15) is 0 Å². The Bertz CT molecular complexity index is 385. The lowest BCUT2D eigenvalue weighted by atomic mass is 9.98. The van der Waals surface area contributed by atoms with Crippen LogP contribution in [0.5, 0.6) is 0 Å². The molecule has 0 aliphatic heterocycles. The molecule has 0 aromatic rings. The number of carbonyl (C=O) groups is 3. The van der Waals surface area contributed by atoms with Crippen molar-refractivity contribution in [3.8, 4) is 0 Å². The molecule has 116 valence electrons. The smallest absolute Gasteiger partial charge is 0.326 e. The number of hydrogen-bond acceptors (Lipinski definition) is 5. The molecule has 0 fully saturated rings. The maximum Gasteiger partial charge on any atom is 0.326 e. The third-order valence-electron chi connectivity index (χ3n) is 2.65. The molecule has 0 rings (SSSR count). The molecule has 1 unspecified atom stereocenters. The first-order chi connectivity index (χ1) is 8.89. The number of aliphatic carboxylic acids is 1. The summed E-state index contributed by atoms with van der Waals surface area (Å²) in [5.74, 6) is -2.62. The number of carbonyl (C=O) groups excluding carboxylic acids is 2. The van der Waals surface area contributed by atoms with E-state index < -0.39 is 41.4 Å². The van der Waals surface area contributed by atoms with Crippen LogP contribution in [0, 0.1) is 0 Å². The Hall–Kier alpha value is -1.63. The average molecular weight is 288 g/mol. The van der Waals surface area contributed by atoms with Gasteiger partial charge in [0.2, 0.25) is 5.91 Å². The first kappa shape index (κ1) is 18.4. The van der Waals surface area contributed by atoms with Crippen molar-refractivity contribution >= 4 is 17.8 Å². The van der Waals surface area contributed by atoms with Gasteiger partial charge in [0, 0.05) is 0 Å². The first-order valence-electron chi connectivity index (χ1n) is 6.43. The number of ether oxygens (including phenoxy) is 1. The molecule has 0 bridgehead atoms. The van der Waals surface area contributed by atoms with Crippen LogP contribution >= 0.6 is 0 Å². The van der Waals surface area contributed by atoms with Crippen LogP contribution in [0.4, 0.5) is 0 Å². The van der Waals surface area contributed by atoms with Gasteiger partial charge in [0.1, 0.15) is 11.6 Å². The van der Waals surface area contributed by atoms with Gasteiger partial charge >= 0.3 is 11.9 Å². The van der Waals surface area contributed by atoms with E-state index in [9.17, 15) is 14.4 Å². The SMILES string of the molecule is CCC(C)(N)C(=O)N[C@@H](CC(=O)OC(C)(C)C)C(=O)O. The standard InChI is InChI=1S/C13H24N2O5/c1-6-13(5,14)11(19)15-8(10(17)18)7-9(16)20-12(2,3)4/h8H,6-7,14H2,1-5H3,(H,15,19)(H,17,18)/t8-,13?/m0/s1. The van der Waals surface area contributed by atoms with Crippen molar-refractivity contribution in [3.05, 3.63) is 0 Å². The zero-order chi connectivity index (χ0) is 16.1. The van der Waals surface area contributed by atoms with E-state index >= 15 is 0 Å². The summed E-state index contributed by atoms with van der Waals surface area (Å²) in [7, 11) is 0. The highest BCUT2D eigenvalue weighted by Crippen LogP contribution is 2.11. The van der Waals surface area contributed by atoms with Crippen LogP contribution in [0.3, 0.4) is 0 Å². The topological polar surface area (TPSA) is 119 Å². The summed E-state index contributed by atoms with van der Waals surface area (Å²) in [6, 6.07) is -1.35. The minimum Gasteiger partial charge on any atom is -0.480 e. The summed E-state index contributed by atoms with van der Waals surface area (Å²) >= 11 is 0. The number of nitrogens with one attached hydrogen (secondary N) is 1. The Morgan fingerprint density at radius 1 is 1.25 bits per heavy atom. The monoisotopic (exact) mass is 288 g/mol. The van der Waals surface area contributed by atoms with Crippen LogP contribution in [0.15, 0.2) is 0 Å². The fourth-order valence-electron chi connectivity index (χ4n) is 1.23. The van der Waals surface area contributed by atoms with E-state index in [2.05, 4.69) is 5.32 Å². The second-order valence-electron chi connectivity index (χ2n) is 5.93. The normalized spacial score (nSPS) is 15.9. The van der Waals surface area contributed by atoms with Crippen LogP contribution in [-0.4, -0.2) is 40.1 Å². The van der Waals surface area contributed by atoms with Crippen LogP contribution in [0.2, 0.25) is 0 Å². The Labute approximate surface area is 118 Å². The lowest BCUT2D eigenvalue weighted by Crippen LogP contribution is -2.55. The number of carboxylic acids is 1. The van der Waals surface area contributed by atoms with Gasteiger partial charge in [-0.05, 0) is 34.1 Å². The van der Waals surface area contributed by atoms with Gasteiger partial charge < -0.3 is 20.9 Å². The summed E-state index contributed by atoms with van der Waals surface area (Å²) in [6.45, 7) is 8.23. The van der Waals surface area contributed by atoms with Gasteiger partial charge in [0.25, 0.3) is 0 Å². The molecular weight excluding hydrogens is 264 g/mol. The average Bonchev–Trinajstić information content (AvgIpc) is 2.25. The van der Waals surface area contributed by atoms with Crippen LogP contribution in [0.1, 0.15) is 47.5 Å². The fraction of sp³-hybridized carbons (Fsp3) is 0.769. The van der Waals surface area contributed by atoms with Crippen molar-refractivity contribution in [3.63, 3.8) is 0 Å². The minimum atomic E-state index is -1.35. The van der Waals surface area contributed by atoms with Crippen molar-refractivity contribution < 1.29 is 24.2 Å². The first-order valence-corrected chi connectivity index (χ1v) is 6.43. The number of carboxylic acid groups (broad SMARTS) is 1. The van der Waals surface area contributed by atoms with Gasteiger partial charge in [0.15, 0.2) is 0 Å². The summed E-state index contributed by atoms with van der Waals surface area (Å²) in [4.78, 5) is 34.5. The number of hydrogen-bond donors (Lipinski definition) is 3. The molecule has 7 nitrogen and oxygen atoms in total. The lowest BCUT2D eigenvalue weighted by molar-refractivity contribution is -0.158. The second kappa shape index (κ2) is 6.69. The van der Waals surface area contributed by atoms with E-state index in [0.29, 0.717) is 6.42 Å². The van der Waals surface area contributed by atoms with E-state index in [1.807, 2.05) is 0 Å². The fourth-order valence-corrected chi connectivity index (χ4v) is 1.23. The molecule has 0 aromatic heterocycles. The van der Waals surface area contributed by atoms with Gasteiger partial charge in [-0.25, -0.2) is 4.79 Å². The molecule has 0 heterocycles. The third kappa shape index (κ3) is 6.51. The molecule has 2 atom stereocenters. The Morgan fingerprint density at radius 2 is 1.75 bits per heavy atom. The maximum absolute atomic E-state index is 11.8. The molecular formula is C13H24N2O5. The van der Waals surface area contributed by atoms with Crippen molar-refractivity contribution in [2.75, 3.05) is 0 Å². The van der Waals surface area contributed by atoms with Crippen molar-refractivity contribution in [2.24, 2.45) is 5.73 Å². The number of esters is 1. The van der Waals surface area contributed by atoms with Gasteiger partial charge in [-0.3, -0.25) is 9.59 Å². The molecule has 0 saturated heterocycles. The predicted molar refractivity (Wildman–Crippen MR) is 72.9 cm³/mol. The predicted octanol–water partition coefficient (Wildman–Crippen LogP) is 0.415. The van der Waals surface area contributed by atoms with Crippen molar-refractivity contribution in [2.45, 2.75) is 64.6 Å². The largest absolute Gasteiger partial charge is 0.480 e. The molecule has 0 saturated carbocycles. The number of nitrogens with two attached hydrogens (primary N) is 1. The van der Waals surface area contributed by atoms with E-state index in [1.54, 1.807) is 27.7 Å². The molecule has 20 heavy (non-hydrogen) atoms. The summed E-state index contributed by atoms with van der Waals surface area (Å²) in [5, 5.41) is 11.3. The van der Waals surface area contributed by atoms with E-state index in [4.69, 9.17) is 15.6 Å². The minimum absolute atomic E-state index is 0.345. The van der Waals surface area contributed by atoms with E-state index in [0.717, 1.165) is 0 Å². The van der Waals surface area contributed by atoms with Crippen LogP contribution in [0.25, 0.3) is 0 Å². The maximum atomic E-state index is 11.8. The highest BCUT2D eigenvalue weighted by Gasteiger charge is 2.32. The molecule has 0 spiro atoms. The lowest BCUT2D eigenvalue weighted by Gasteiger charge is -2.25. The van der Waals surface area contributed by atoms with Crippen molar-refractivity contribution in [1.82, 2.24) is 5.32 Å². The van der Waals surface area contributed by atoms with Gasteiger partial charge in [0.05, 0.1) is 12.0 Å². The van der Waals surface area contributed by atoms with Crippen LogP contribution in [-0.2, 0) is 19.1 Å². The van der Waals surface area contributed by atoms with Gasteiger partial charge in [-0.1, -0.05) is 6.92 Å². The molecule has 0 aliphatic rings.